The molecule has 1 heterocycles. The van der Waals surface area contributed by atoms with Crippen molar-refractivity contribution < 1.29 is 10.2 Å². The van der Waals surface area contributed by atoms with Crippen molar-refractivity contribution in [3.8, 4) is 0 Å². The highest BCUT2D eigenvalue weighted by Gasteiger charge is 1.98. The number of rotatable bonds is 5. The fourth-order valence-electron chi connectivity index (χ4n) is 1.25. The van der Waals surface area contributed by atoms with E-state index in [0.29, 0.717) is 6.04 Å². The molecule has 68 valence electrons. The van der Waals surface area contributed by atoms with Crippen molar-refractivity contribution in [3.05, 3.63) is 24.2 Å². The van der Waals surface area contributed by atoms with E-state index < -0.39 is 0 Å². The van der Waals surface area contributed by atoms with E-state index in [9.17, 15) is 0 Å². The lowest BCUT2D eigenvalue weighted by Gasteiger charge is -2.00. The van der Waals surface area contributed by atoms with E-state index in [1.165, 1.54) is 19.3 Å². The van der Waals surface area contributed by atoms with E-state index >= 15 is 0 Å². The maximum atomic E-state index is 5.22. The zero-order valence-corrected chi connectivity index (χ0v) is 7.75. The molecule has 0 aliphatic carbocycles. The van der Waals surface area contributed by atoms with Crippen molar-refractivity contribution in [2.75, 3.05) is 0 Å². The van der Waals surface area contributed by atoms with E-state index in [0.717, 1.165) is 12.2 Å². The number of furan rings is 1. The van der Waals surface area contributed by atoms with Crippen molar-refractivity contribution in [1.29, 1.82) is 0 Å². The van der Waals surface area contributed by atoms with Crippen LogP contribution in [-0.4, -0.2) is 6.04 Å². The summed E-state index contributed by atoms with van der Waals surface area (Å²) in [6.07, 6.45) is 6.50. The Morgan fingerprint density at radius 3 is 2.92 bits per heavy atom. The summed E-state index contributed by atoms with van der Waals surface area (Å²) in [7, 11) is 0. The number of quaternary nitrogens is 1. The molecule has 1 aromatic rings. The van der Waals surface area contributed by atoms with Gasteiger partial charge in [-0.3, -0.25) is 0 Å². The molecule has 2 nitrogen and oxygen atoms in total. The lowest BCUT2D eigenvalue weighted by molar-refractivity contribution is -0.415. The maximum Gasteiger partial charge on any atom is 0.103 e. The van der Waals surface area contributed by atoms with Crippen LogP contribution in [0.2, 0.25) is 0 Å². The Morgan fingerprint density at radius 2 is 2.33 bits per heavy atom. The average Bonchev–Trinajstić information content (AvgIpc) is 2.49. The summed E-state index contributed by atoms with van der Waals surface area (Å²) in [5.41, 5.74) is 3.95. The van der Waals surface area contributed by atoms with Gasteiger partial charge in [0.05, 0.1) is 12.3 Å². The van der Waals surface area contributed by atoms with E-state index in [1.54, 1.807) is 6.26 Å². The van der Waals surface area contributed by atoms with Gasteiger partial charge >= 0.3 is 0 Å². The molecule has 2 heteroatoms. The van der Waals surface area contributed by atoms with Crippen LogP contribution in [0.5, 0.6) is 0 Å². The number of hydrogen-bond donors (Lipinski definition) is 1. The van der Waals surface area contributed by atoms with Crippen LogP contribution >= 0.6 is 0 Å². The Balaban J connectivity index is 2.04. The number of aryl methyl sites for hydroxylation is 1. The van der Waals surface area contributed by atoms with Crippen molar-refractivity contribution in [1.82, 2.24) is 0 Å². The Kier molecular flexibility index (Phi) is 3.88. The lowest BCUT2D eigenvalue weighted by atomic mass is 10.1. The van der Waals surface area contributed by atoms with Crippen molar-refractivity contribution in [2.24, 2.45) is 0 Å². The van der Waals surface area contributed by atoms with Gasteiger partial charge in [-0.15, -0.1) is 0 Å². The van der Waals surface area contributed by atoms with Crippen molar-refractivity contribution in [3.63, 3.8) is 0 Å². The van der Waals surface area contributed by atoms with Crippen LogP contribution in [0.4, 0.5) is 0 Å². The molecular weight excluding hydrogens is 150 g/mol. The summed E-state index contributed by atoms with van der Waals surface area (Å²) in [6.45, 7) is 2.16. The Hall–Kier alpha value is -0.760. The molecule has 3 N–H and O–H groups in total. The SMILES string of the molecule is C[C@@H]([NH3+])CCCCc1ccco1. The summed E-state index contributed by atoms with van der Waals surface area (Å²) in [5.74, 6) is 1.10. The third-order valence-electron chi connectivity index (χ3n) is 1.95. The van der Waals surface area contributed by atoms with Crippen LogP contribution in [0.15, 0.2) is 22.8 Å². The first-order valence-corrected chi connectivity index (χ1v) is 4.64. The molecule has 12 heavy (non-hydrogen) atoms. The Labute approximate surface area is 73.8 Å². The molecule has 0 unspecified atom stereocenters. The first-order chi connectivity index (χ1) is 5.79. The highest BCUT2D eigenvalue weighted by Crippen LogP contribution is 2.07. The van der Waals surface area contributed by atoms with Crippen LogP contribution in [0.1, 0.15) is 31.9 Å². The minimum Gasteiger partial charge on any atom is -0.469 e. The van der Waals surface area contributed by atoms with Gasteiger partial charge in [0.15, 0.2) is 0 Å². The molecule has 0 aliphatic heterocycles. The van der Waals surface area contributed by atoms with Gasteiger partial charge in [0.1, 0.15) is 5.76 Å². The van der Waals surface area contributed by atoms with E-state index in [1.807, 2.05) is 12.1 Å². The molecule has 0 amide bonds. The molecule has 1 rings (SSSR count). The molecule has 0 aliphatic rings. The molecule has 0 saturated heterocycles. The minimum atomic E-state index is 0.585. The van der Waals surface area contributed by atoms with Crippen LogP contribution in [-0.2, 0) is 6.42 Å². The summed E-state index contributed by atoms with van der Waals surface area (Å²) >= 11 is 0. The van der Waals surface area contributed by atoms with Gasteiger partial charge in [-0.05, 0) is 38.3 Å². The van der Waals surface area contributed by atoms with Gasteiger partial charge in [-0.2, -0.15) is 0 Å². The maximum absolute atomic E-state index is 5.22. The second kappa shape index (κ2) is 4.99. The predicted octanol–water partition coefficient (Wildman–Crippen LogP) is 1.62. The lowest BCUT2D eigenvalue weighted by Crippen LogP contribution is -2.58. The smallest absolute Gasteiger partial charge is 0.103 e. The van der Waals surface area contributed by atoms with Crippen LogP contribution in [0.25, 0.3) is 0 Å². The first kappa shape index (κ1) is 9.33. The van der Waals surface area contributed by atoms with Crippen molar-refractivity contribution >= 4 is 0 Å². The molecule has 0 saturated carbocycles. The van der Waals surface area contributed by atoms with Crippen LogP contribution in [0, 0.1) is 0 Å². The highest BCUT2D eigenvalue weighted by molar-refractivity contribution is 4.97. The van der Waals surface area contributed by atoms with E-state index in [2.05, 4.69) is 12.7 Å². The first-order valence-electron chi connectivity index (χ1n) is 4.64. The van der Waals surface area contributed by atoms with Gasteiger partial charge in [0, 0.05) is 6.42 Å². The quantitative estimate of drug-likeness (QED) is 0.667. The molecular formula is C10H18NO+. The molecule has 0 bridgehead atoms. The fraction of sp³-hybridized carbons (Fsp3) is 0.600. The predicted molar refractivity (Wildman–Crippen MR) is 48.6 cm³/mol. The topological polar surface area (TPSA) is 40.8 Å². The molecule has 0 radical (unpaired) electrons. The van der Waals surface area contributed by atoms with Gasteiger partial charge in [0.25, 0.3) is 0 Å². The summed E-state index contributed by atoms with van der Waals surface area (Å²) in [4.78, 5) is 0. The zero-order valence-electron chi connectivity index (χ0n) is 7.75. The zero-order chi connectivity index (χ0) is 8.81. The number of hydrogen-bond acceptors (Lipinski definition) is 1. The normalized spacial score (nSPS) is 13.2. The van der Waals surface area contributed by atoms with Gasteiger partial charge in [0.2, 0.25) is 0 Å². The Morgan fingerprint density at radius 1 is 1.50 bits per heavy atom. The van der Waals surface area contributed by atoms with E-state index in [-0.39, 0.29) is 0 Å². The summed E-state index contributed by atoms with van der Waals surface area (Å²) < 4.78 is 5.22. The van der Waals surface area contributed by atoms with E-state index in [4.69, 9.17) is 4.42 Å². The van der Waals surface area contributed by atoms with Gasteiger partial charge in [-0.1, -0.05) is 0 Å². The average molecular weight is 168 g/mol. The monoisotopic (exact) mass is 168 g/mol. The molecule has 1 atom stereocenters. The summed E-state index contributed by atoms with van der Waals surface area (Å²) in [6, 6.07) is 4.56. The highest BCUT2D eigenvalue weighted by atomic mass is 16.3. The van der Waals surface area contributed by atoms with Crippen molar-refractivity contribution in [2.45, 2.75) is 38.6 Å². The molecule has 1 aromatic heterocycles. The summed E-state index contributed by atoms with van der Waals surface area (Å²) in [5, 5.41) is 0. The van der Waals surface area contributed by atoms with Crippen LogP contribution in [0.3, 0.4) is 0 Å². The minimum absolute atomic E-state index is 0.585. The molecule has 0 fully saturated rings. The molecule has 0 aromatic carbocycles. The van der Waals surface area contributed by atoms with Crippen LogP contribution < -0.4 is 5.73 Å². The second-order valence-electron chi connectivity index (χ2n) is 3.43. The van der Waals surface area contributed by atoms with Gasteiger partial charge < -0.3 is 10.2 Å². The standard InChI is InChI=1S/C10H17NO/c1-9(11)5-2-3-6-10-7-4-8-12-10/h4,7-9H,2-3,5-6,11H2,1H3/p+1/t9-/m1/s1. The third kappa shape index (κ3) is 3.58. The largest absolute Gasteiger partial charge is 0.469 e. The fourth-order valence-corrected chi connectivity index (χ4v) is 1.25. The Bertz CT molecular complexity index is 192. The number of unbranched alkanes of at least 4 members (excludes halogenated alkanes) is 1. The third-order valence-corrected chi connectivity index (χ3v) is 1.95. The van der Waals surface area contributed by atoms with Gasteiger partial charge in [-0.25, -0.2) is 0 Å². The second-order valence-corrected chi connectivity index (χ2v) is 3.43. The molecule has 0 spiro atoms.